The van der Waals surface area contributed by atoms with Crippen LogP contribution < -0.4 is 0 Å². The molecular weight excluding hydrogens is 294 g/mol. The lowest BCUT2D eigenvalue weighted by molar-refractivity contribution is -0.132. The number of hydrogen-bond acceptors (Lipinski definition) is 4. The first-order chi connectivity index (χ1) is 10.8. The summed E-state index contributed by atoms with van der Waals surface area (Å²) in [5.74, 6) is 0.434. The Hall–Kier alpha value is -1.10. The van der Waals surface area contributed by atoms with Crippen LogP contribution in [0.5, 0.6) is 0 Å². The lowest BCUT2D eigenvalue weighted by Crippen LogP contribution is -2.60. The molecule has 5 heteroatoms. The largest absolute Gasteiger partial charge is 0.444 e. The van der Waals surface area contributed by atoms with Crippen molar-refractivity contribution in [2.24, 2.45) is 5.92 Å². The minimum absolute atomic E-state index is 0.0301. The van der Waals surface area contributed by atoms with E-state index in [1.807, 2.05) is 25.7 Å². The second-order valence-corrected chi connectivity index (χ2v) is 7.82. The topological polar surface area (TPSA) is 55.8 Å². The van der Waals surface area contributed by atoms with Crippen molar-refractivity contribution >= 4 is 11.9 Å². The molecule has 2 unspecified atom stereocenters. The molecule has 0 N–H and O–H groups in total. The third-order valence-corrected chi connectivity index (χ3v) is 4.61. The van der Waals surface area contributed by atoms with Gasteiger partial charge in [0.25, 0.3) is 0 Å². The molecule has 0 aromatic carbocycles. The Bertz CT molecular complexity index is 415. The zero-order valence-corrected chi connectivity index (χ0v) is 15.0. The Morgan fingerprint density at radius 1 is 1.13 bits per heavy atom. The molecule has 2 fully saturated rings. The lowest BCUT2D eigenvalue weighted by atomic mass is 9.81. The molecule has 0 radical (unpaired) electrons. The van der Waals surface area contributed by atoms with Crippen LogP contribution in [0.15, 0.2) is 0 Å². The van der Waals surface area contributed by atoms with Crippen molar-refractivity contribution in [3.05, 3.63) is 0 Å². The predicted octanol–water partition coefficient (Wildman–Crippen LogP) is 3.55. The fourth-order valence-electron chi connectivity index (χ4n) is 3.54. The maximum absolute atomic E-state index is 12.5. The van der Waals surface area contributed by atoms with E-state index in [-0.39, 0.29) is 24.1 Å². The van der Waals surface area contributed by atoms with Crippen LogP contribution in [0.3, 0.4) is 0 Å². The van der Waals surface area contributed by atoms with Gasteiger partial charge in [-0.2, -0.15) is 0 Å². The summed E-state index contributed by atoms with van der Waals surface area (Å²) < 4.78 is 11.1. The van der Waals surface area contributed by atoms with E-state index in [1.54, 1.807) is 0 Å². The summed E-state index contributed by atoms with van der Waals surface area (Å²) >= 11 is 0. The molecule has 5 nitrogen and oxygen atoms in total. The summed E-state index contributed by atoms with van der Waals surface area (Å²) in [6.07, 6.45) is 5.04. The van der Waals surface area contributed by atoms with Gasteiger partial charge in [-0.15, -0.1) is 0 Å². The lowest BCUT2D eigenvalue weighted by Gasteiger charge is -2.47. The molecule has 23 heavy (non-hydrogen) atoms. The van der Waals surface area contributed by atoms with Crippen molar-refractivity contribution in [2.75, 3.05) is 13.2 Å². The second kappa shape index (κ2) is 7.65. The summed E-state index contributed by atoms with van der Waals surface area (Å²) in [6.45, 7) is 8.79. The molecule has 2 aliphatic heterocycles. The van der Waals surface area contributed by atoms with Gasteiger partial charge < -0.3 is 9.47 Å². The van der Waals surface area contributed by atoms with E-state index >= 15 is 0 Å². The Balaban J connectivity index is 1.97. The number of morpholine rings is 1. The zero-order valence-electron chi connectivity index (χ0n) is 15.0. The molecule has 2 saturated heterocycles. The summed E-state index contributed by atoms with van der Waals surface area (Å²) in [5, 5.41) is 0. The first-order valence-corrected chi connectivity index (χ1v) is 8.93. The van der Waals surface area contributed by atoms with Crippen LogP contribution in [-0.2, 0) is 14.3 Å². The summed E-state index contributed by atoms with van der Waals surface area (Å²) in [4.78, 5) is 26.7. The van der Waals surface area contributed by atoms with Crippen LogP contribution >= 0.6 is 0 Å². The van der Waals surface area contributed by atoms with Crippen molar-refractivity contribution in [1.29, 1.82) is 0 Å². The van der Waals surface area contributed by atoms with E-state index in [1.165, 1.54) is 0 Å². The molecule has 0 aromatic rings. The SMILES string of the molecule is CCCCCC(=O)C1CC2COCC(C1)N2C(=O)OC(C)(C)C. The molecule has 132 valence electrons. The number of carbonyl (C=O) groups is 2. The van der Waals surface area contributed by atoms with Gasteiger partial charge in [0.1, 0.15) is 11.4 Å². The predicted molar refractivity (Wildman–Crippen MR) is 88.3 cm³/mol. The molecule has 2 rings (SSSR count). The number of amides is 1. The van der Waals surface area contributed by atoms with Gasteiger partial charge in [0.05, 0.1) is 25.3 Å². The maximum atomic E-state index is 12.5. The molecular formula is C18H31NO4. The van der Waals surface area contributed by atoms with E-state index in [0.29, 0.717) is 38.3 Å². The average Bonchev–Trinajstić information content (AvgIpc) is 2.44. The first-order valence-electron chi connectivity index (χ1n) is 8.93. The smallest absolute Gasteiger partial charge is 0.410 e. The van der Waals surface area contributed by atoms with E-state index < -0.39 is 5.60 Å². The normalized spacial score (nSPS) is 27.7. The fourth-order valence-corrected chi connectivity index (χ4v) is 3.54. The molecule has 2 heterocycles. The van der Waals surface area contributed by atoms with Crippen LogP contribution in [0.2, 0.25) is 0 Å². The molecule has 2 bridgehead atoms. The molecule has 2 aliphatic rings. The van der Waals surface area contributed by atoms with Gasteiger partial charge in [0.15, 0.2) is 0 Å². The highest BCUT2D eigenvalue weighted by Gasteiger charge is 2.44. The number of piperidine rings is 1. The summed E-state index contributed by atoms with van der Waals surface area (Å²) in [5.41, 5.74) is -0.501. The number of nitrogens with zero attached hydrogens (tertiary/aromatic N) is 1. The third-order valence-electron chi connectivity index (χ3n) is 4.61. The first kappa shape index (κ1) is 18.2. The Labute approximate surface area is 139 Å². The molecule has 0 aliphatic carbocycles. The second-order valence-electron chi connectivity index (χ2n) is 7.82. The van der Waals surface area contributed by atoms with Gasteiger partial charge in [-0.25, -0.2) is 4.79 Å². The van der Waals surface area contributed by atoms with Gasteiger partial charge in [-0.1, -0.05) is 19.8 Å². The Kier molecular flexibility index (Phi) is 6.06. The van der Waals surface area contributed by atoms with Crippen molar-refractivity contribution in [1.82, 2.24) is 4.90 Å². The van der Waals surface area contributed by atoms with Crippen LogP contribution in [0.4, 0.5) is 4.79 Å². The van der Waals surface area contributed by atoms with Crippen LogP contribution in [0, 0.1) is 5.92 Å². The standard InChI is InChI=1S/C18H31NO4/c1-5-6-7-8-16(20)13-9-14-11-22-12-15(10-13)19(14)17(21)23-18(2,3)4/h13-15H,5-12H2,1-4H3. The van der Waals surface area contributed by atoms with Crippen molar-refractivity contribution in [3.63, 3.8) is 0 Å². The van der Waals surface area contributed by atoms with Crippen LogP contribution in [0.1, 0.15) is 66.2 Å². The summed E-state index contributed by atoms with van der Waals surface area (Å²) in [7, 11) is 0. The maximum Gasteiger partial charge on any atom is 0.410 e. The zero-order chi connectivity index (χ0) is 17.0. The average molecular weight is 325 g/mol. The number of hydrogen-bond donors (Lipinski definition) is 0. The number of rotatable bonds is 5. The third kappa shape index (κ3) is 4.93. The molecule has 2 atom stereocenters. The van der Waals surface area contributed by atoms with Crippen molar-refractivity contribution in [3.8, 4) is 0 Å². The highest BCUT2D eigenvalue weighted by Crippen LogP contribution is 2.34. The number of unbranched alkanes of at least 4 members (excludes halogenated alkanes) is 2. The number of Topliss-reactive ketones (excluding diaryl/α,β-unsaturated/α-hetero) is 1. The Morgan fingerprint density at radius 3 is 2.26 bits per heavy atom. The van der Waals surface area contributed by atoms with Crippen LogP contribution in [0.25, 0.3) is 0 Å². The number of ketones is 1. The minimum atomic E-state index is -0.501. The van der Waals surface area contributed by atoms with Gasteiger partial charge in [0.2, 0.25) is 0 Å². The highest BCUT2D eigenvalue weighted by molar-refractivity contribution is 5.81. The van der Waals surface area contributed by atoms with Gasteiger partial charge >= 0.3 is 6.09 Å². The highest BCUT2D eigenvalue weighted by atomic mass is 16.6. The van der Waals surface area contributed by atoms with Crippen LogP contribution in [-0.4, -0.2) is 47.7 Å². The summed E-state index contributed by atoms with van der Waals surface area (Å²) in [6, 6.07) is -0.0602. The minimum Gasteiger partial charge on any atom is -0.444 e. The van der Waals surface area contributed by atoms with Crippen molar-refractivity contribution in [2.45, 2.75) is 83.9 Å². The van der Waals surface area contributed by atoms with E-state index in [4.69, 9.17) is 9.47 Å². The number of fused-ring (bicyclic) bond motifs is 2. The van der Waals surface area contributed by atoms with E-state index in [2.05, 4.69) is 6.92 Å². The molecule has 0 saturated carbocycles. The van der Waals surface area contributed by atoms with Gasteiger partial charge in [-0.3, -0.25) is 9.69 Å². The van der Waals surface area contributed by atoms with Crippen molar-refractivity contribution < 1.29 is 19.1 Å². The number of ether oxygens (including phenoxy) is 2. The van der Waals surface area contributed by atoms with Gasteiger partial charge in [-0.05, 0) is 40.0 Å². The quantitative estimate of drug-likeness (QED) is 0.725. The van der Waals surface area contributed by atoms with E-state index in [9.17, 15) is 9.59 Å². The monoisotopic (exact) mass is 325 g/mol. The fraction of sp³-hybridized carbons (Fsp3) is 0.889. The molecule has 1 amide bonds. The Morgan fingerprint density at radius 2 is 1.74 bits per heavy atom. The van der Waals surface area contributed by atoms with Gasteiger partial charge in [0, 0.05) is 12.3 Å². The molecule has 0 aromatic heterocycles. The number of carbonyl (C=O) groups excluding carboxylic acids is 2. The molecule has 0 spiro atoms. The van der Waals surface area contributed by atoms with E-state index in [0.717, 1.165) is 19.3 Å².